The number of nitrogens with zero attached hydrogens (tertiary/aromatic N) is 1. The fourth-order valence-electron chi connectivity index (χ4n) is 1.51. The van der Waals surface area contributed by atoms with Gasteiger partial charge in [0, 0.05) is 0 Å². The fraction of sp³-hybridized carbons (Fsp3) is 0.0769. The lowest BCUT2D eigenvalue weighted by molar-refractivity contribution is -0.137. The van der Waals surface area contributed by atoms with Gasteiger partial charge in [-0.25, -0.2) is 4.98 Å². The highest BCUT2D eigenvalue weighted by molar-refractivity contribution is 9.10. The van der Waals surface area contributed by atoms with Gasteiger partial charge in [0.2, 0.25) is 0 Å². The number of halogens is 5. The van der Waals surface area contributed by atoms with Crippen LogP contribution >= 0.6 is 27.5 Å². The van der Waals surface area contributed by atoms with Crippen molar-refractivity contribution in [3.8, 4) is 0 Å². The van der Waals surface area contributed by atoms with Gasteiger partial charge in [-0.2, -0.15) is 13.2 Å². The SMILES string of the molecule is O=C(Nc1ccc(C(F)(F)F)cc1Cl)c1cccc(Br)n1. The van der Waals surface area contributed by atoms with E-state index in [0.717, 1.165) is 18.2 Å². The van der Waals surface area contributed by atoms with Crippen LogP contribution in [0.25, 0.3) is 0 Å². The van der Waals surface area contributed by atoms with Crippen LogP contribution in [0.5, 0.6) is 0 Å². The summed E-state index contributed by atoms with van der Waals surface area (Å²) in [5.41, 5.74) is -0.692. The molecule has 0 aliphatic rings. The maximum absolute atomic E-state index is 12.5. The number of benzene rings is 1. The van der Waals surface area contributed by atoms with Crippen LogP contribution in [0.2, 0.25) is 5.02 Å². The number of nitrogens with one attached hydrogen (secondary N) is 1. The molecule has 0 atom stereocenters. The molecule has 0 fully saturated rings. The number of aromatic nitrogens is 1. The molecule has 0 unspecified atom stereocenters. The summed E-state index contributed by atoms with van der Waals surface area (Å²) in [4.78, 5) is 15.9. The van der Waals surface area contributed by atoms with Gasteiger partial charge in [0.25, 0.3) is 5.91 Å². The second kappa shape index (κ2) is 6.03. The lowest BCUT2D eigenvalue weighted by atomic mass is 10.2. The molecule has 3 nitrogen and oxygen atoms in total. The van der Waals surface area contributed by atoms with Crippen molar-refractivity contribution in [2.24, 2.45) is 0 Å². The Bertz CT molecular complexity index is 691. The number of hydrogen-bond acceptors (Lipinski definition) is 2. The molecule has 2 rings (SSSR count). The summed E-state index contributed by atoms with van der Waals surface area (Å²) in [5, 5.41) is 2.21. The summed E-state index contributed by atoms with van der Waals surface area (Å²) in [6, 6.07) is 7.42. The lowest BCUT2D eigenvalue weighted by Crippen LogP contribution is -2.14. The highest BCUT2D eigenvalue weighted by Gasteiger charge is 2.31. The summed E-state index contributed by atoms with van der Waals surface area (Å²) in [6.45, 7) is 0. The van der Waals surface area contributed by atoms with Gasteiger partial charge in [-0.15, -0.1) is 0 Å². The van der Waals surface area contributed by atoms with E-state index in [1.54, 1.807) is 12.1 Å². The van der Waals surface area contributed by atoms with Crippen molar-refractivity contribution < 1.29 is 18.0 Å². The number of carbonyl (C=O) groups excluding carboxylic acids is 1. The minimum Gasteiger partial charge on any atom is -0.319 e. The van der Waals surface area contributed by atoms with Crippen LogP contribution in [0, 0.1) is 0 Å². The molecule has 0 radical (unpaired) electrons. The number of carbonyl (C=O) groups is 1. The van der Waals surface area contributed by atoms with Gasteiger partial charge in [0.1, 0.15) is 10.3 Å². The van der Waals surface area contributed by atoms with Crippen LogP contribution in [0.1, 0.15) is 16.1 Å². The normalized spacial score (nSPS) is 11.3. The molecule has 0 aliphatic heterocycles. The van der Waals surface area contributed by atoms with Gasteiger partial charge < -0.3 is 5.32 Å². The van der Waals surface area contributed by atoms with Crippen molar-refractivity contribution >= 4 is 39.1 Å². The molecule has 1 amide bonds. The topological polar surface area (TPSA) is 42.0 Å². The van der Waals surface area contributed by atoms with Gasteiger partial charge in [-0.05, 0) is 46.3 Å². The Kier molecular flexibility index (Phi) is 4.53. The first-order chi connectivity index (χ1) is 9.77. The van der Waals surface area contributed by atoms with Crippen molar-refractivity contribution in [1.82, 2.24) is 4.98 Å². The minimum absolute atomic E-state index is 0.0800. The largest absolute Gasteiger partial charge is 0.416 e. The van der Waals surface area contributed by atoms with E-state index in [4.69, 9.17) is 11.6 Å². The molecule has 0 bridgehead atoms. The number of hydrogen-bond donors (Lipinski definition) is 1. The smallest absolute Gasteiger partial charge is 0.319 e. The van der Waals surface area contributed by atoms with Crippen LogP contribution in [-0.2, 0) is 6.18 Å². The molecule has 110 valence electrons. The summed E-state index contributed by atoms with van der Waals surface area (Å²) >= 11 is 8.87. The zero-order valence-corrected chi connectivity index (χ0v) is 12.6. The standard InChI is InChI=1S/C13H7BrClF3N2O/c14-11-3-1-2-10(19-11)12(21)20-9-5-4-7(6-8(9)15)13(16,17)18/h1-6H,(H,20,21). The Labute approximate surface area is 131 Å². The van der Waals surface area contributed by atoms with Gasteiger partial charge in [0.15, 0.2) is 0 Å². The van der Waals surface area contributed by atoms with E-state index >= 15 is 0 Å². The van der Waals surface area contributed by atoms with Crippen LogP contribution in [0.3, 0.4) is 0 Å². The molecule has 2 aromatic rings. The quantitative estimate of drug-likeness (QED) is 0.764. The molecular weight excluding hydrogens is 373 g/mol. The molecule has 21 heavy (non-hydrogen) atoms. The van der Waals surface area contributed by atoms with Crippen LogP contribution in [0.4, 0.5) is 18.9 Å². The highest BCUT2D eigenvalue weighted by atomic mass is 79.9. The van der Waals surface area contributed by atoms with E-state index in [0.29, 0.717) is 4.60 Å². The monoisotopic (exact) mass is 378 g/mol. The molecule has 8 heteroatoms. The van der Waals surface area contributed by atoms with Crippen molar-refractivity contribution in [2.75, 3.05) is 5.32 Å². The van der Waals surface area contributed by atoms with Gasteiger partial charge in [-0.3, -0.25) is 4.79 Å². The summed E-state index contributed by atoms with van der Waals surface area (Å²) in [6.07, 6.45) is -4.49. The maximum atomic E-state index is 12.5. The molecule has 1 aromatic heterocycles. The average molecular weight is 380 g/mol. The fourth-order valence-corrected chi connectivity index (χ4v) is 2.09. The van der Waals surface area contributed by atoms with Gasteiger partial charge in [-0.1, -0.05) is 17.7 Å². The first kappa shape index (κ1) is 15.8. The molecule has 0 spiro atoms. The molecule has 1 N–H and O–H groups in total. The van der Waals surface area contributed by atoms with Crippen LogP contribution in [-0.4, -0.2) is 10.9 Å². The van der Waals surface area contributed by atoms with E-state index in [-0.39, 0.29) is 16.4 Å². The zero-order valence-electron chi connectivity index (χ0n) is 10.2. The lowest BCUT2D eigenvalue weighted by Gasteiger charge is -2.11. The Hall–Kier alpha value is -1.60. The Morgan fingerprint density at radius 1 is 1.24 bits per heavy atom. The number of alkyl halides is 3. The van der Waals surface area contributed by atoms with Gasteiger partial charge >= 0.3 is 6.18 Å². The number of rotatable bonds is 2. The third-order valence-electron chi connectivity index (χ3n) is 2.49. The van der Waals surface area contributed by atoms with E-state index in [1.165, 1.54) is 6.07 Å². The number of pyridine rings is 1. The second-order valence-electron chi connectivity index (χ2n) is 3.99. The van der Waals surface area contributed by atoms with E-state index in [9.17, 15) is 18.0 Å². The first-order valence-corrected chi connectivity index (χ1v) is 6.75. The van der Waals surface area contributed by atoms with Crippen molar-refractivity contribution in [2.45, 2.75) is 6.18 Å². The van der Waals surface area contributed by atoms with E-state index in [2.05, 4.69) is 26.2 Å². The van der Waals surface area contributed by atoms with Crippen LogP contribution in [0.15, 0.2) is 41.0 Å². The van der Waals surface area contributed by atoms with Gasteiger partial charge in [0.05, 0.1) is 16.3 Å². The molecule has 0 saturated carbocycles. The van der Waals surface area contributed by atoms with Crippen molar-refractivity contribution in [3.63, 3.8) is 0 Å². The average Bonchev–Trinajstić information content (AvgIpc) is 2.39. The first-order valence-electron chi connectivity index (χ1n) is 5.58. The third-order valence-corrected chi connectivity index (χ3v) is 3.25. The highest BCUT2D eigenvalue weighted by Crippen LogP contribution is 2.33. The van der Waals surface area contributed by atoms with E-state index in [1.807, 2.05) is 0 Å². The zero-order chi connectivity index (χ0) is 15.6. The Morgan fingerprint density at radius 3 is 2.52 bits per heavy atom. The Balaban J connectivity index is 2.22. The predicted octanol–water partition coefficient (Wildman–Crippen LogP) is 4.77. The molecule has 0 saturated heterocycles. The van der Waals surface area contributed by atoms with Crippen molar-refractivity contribution in [3.05, 3.63) is 57.3 Å². The molecule has 1 aromatic carbocycles. The second-order valence-corrected chi connectivity index (χ2v) is 5.21. The third kappa shape index (κ3) is 3.95. The number of anilines is 1. The Morgan fingerprint density at radius 2 is 1.95 bits per heavy atom. The van der Waals surface area contributed by atoms with Crippen molar-refractivity contribution in [1.29, 1.82) is 0 Å². The minimum atomic E-state index is -4.49. The number of amides is 1. The van der Waals surface area contributed by atoms with Crippen LogP contribution < -0.4 is 5.32 Å². The molecule has 0 aliphatic carbocycles. The summed E-state index contributed by atoms with van der Waals surface area (Å²) in [7, 11) is 0. The summed E-state index contributed by atoms with van der Waals surface area (Å²) < 4.78 is 38.0. The predicted molar refractivity (Wildman–Crippen MR) is 76.3 cm³/mol. The summed E-state index contributed by atoms with van der Waals surface area (Å²) in [5.74, 6) is -0.571. The maximum Gasteiger partial charge on any atom is 0.416 e. The molecule has 1 heterocycles. The molecular formula is C13H7BrClF3N2O. The van der Waals surface area contributed by atoms with E-state index < -0.39 is 17.6 Å².